The monoisotopic (exact) mass is 624 g/mol. The van der Waals surface area contributed by atoms with Crippen molar-refractivity contribution in [2.75, 3.05) is 26.9 Å². The van der Waals surface area contributed by atoms with Crippen LogP contribution in [0.25, 0.3) is 11.1 Å². The van der Waals surface area contributed by atoms with Crippen molar-refractivity contribution in [3.63, 3.8) is 0 Å². The Morgan fingerprint density at radius 1 is 0.978 bits per heavy atom. The zero-order valence-corrected chi connectivity index (χ0v) is 25.7. The van der Waals surface area contributed by atoms with E-state index in [0.29, 0.717) is 41.6 Å². The molecule has 1 aliphatic rings. The largest absolute Gasteiger partial charge is 0.496 e. The summed E-state index contributed by atoms with van der Waals surface area (Å²) in [5.74, 6) is 1.90. The number of nitrogens with one attached hydrogen (secondary N) is 1. The first-order chi connectivity index (χ1) is 22.3. The van der Waals surface area contributed by atoms with Gasteiger partial charge in [-0.2, -0.15) is 5.26 Å². The van der Waals surface area contributed by atoms with Gasteiger partial charge >= 0.3 is 5.97 Å². The van der Waals surface area contributed by atoms with Gasteiger partial charge in [-0.3, -0.25) is 4.79 Å². The molecule has 1 unspecified atom stereocenters. The number of aliphatic hydroxyl groups is 1. The molecule has 3 N–H and O–H groups in total. The Balaban J connectivity index is 1.37. The lowest BCUT2D eigenvalue weighted by Crippen LogP contribution is -2.28. The molecule has 238 valence electrons. The van der Waals surface area contributed by atoms with Crippen molar-refractivity contribution in [2.45, 2.75) is 39.2 Å². The Hall–Kier alpha value is -5.24. The number of nitrogens with zero attached hydrogens (tertiary/aromatic N) is 1. The first-order valence-corrected chi connectivity index (χ1v) is 14.9. The number of carboxylic acid groups (broad SMARTS) is 1. The molecule has 10 nitrogen and oxygen atoms in total. The third-order valence-corrected chi connectivity index (χ3v) is 7.60. The number of ether oxygens (including phenoxy) is 5. The first kappa shape index (κ1) is 32.2. The summed E-state index contributed by atoms with van der Waals surface area (Å²) in [6.07, 6.45) is -1.42. The van der Waals surface area contributed by atoms with E-state index >= 15 is 0 Å². The number of aliphatic hydroxyl groups excluding tert-OH is 1. The molecule has 1 aliphatic heterocycles. The fourth-order valence-electron chi connectivity index (χ4n) is 5.22. The van der Waals surface area contributed by atoms with Crippen molar-refractivity contribution in [3.05, 3.63) is 101 Å². The minimum Gasteiger partial charge on any atom is -0.496 e. The fourth-order valence-corrected chi connectivity index (χ4v) is 5.22. The maximum atomic E-state index is 11.0. The predicted octanol–water partition coefficient (Wildman–Crippen LogP) is 5.40. The molecule has 5 rings (SSSR count). The van der Waals surface area contributed by atoms with E-state index in [0.717, 1.165) is 39.3 Å². The highest BCUT2D eigenvalue weighted by Gasteiger charge is 2.18. The van der Waals surface area contributed by atoms with Gasteiger partial charge < -0.3 is 39.2 Å². The second-order valence-corrected chi connectivity index (χ2v) is 10.8. The van der Waals surface area contributed by atoms with Crippen LogP contribution in [0.3, 0.4) is 0 Å². The van der Waals surface area contributed by atoms with Crippen LogP contribution in [0.4, 0.5) is 0 Å². The van der Waals surface area contributed by atoms with Crippen molar-refractivity contribution in [1.82, 2.24) is 5.32 Å². The molecular formula is C36H36N2O8. The number of hydrogen-bond acceptors (Lipinski definition) is 9. The topological polar surface area (TPSA) is 140 Å². The quantitative estimate of drug-likeness (QED) is 0.167. The maximum absolute atomic E-state index is 11.0. The van der Waals surface area contributed by atoms with Gasteiger partial charge in [0.15, 0.2) is 11.5 Å². The summed E-state index contributed by atoms with van der Waals surface area (Å²) >= 11 is 0. The van der Waals surface area contributed by atoms with Crippen LogP contribution in [-0.2, 0) is 24.6 Å². The highest BCUT2D eigenvalue weighted by molar-refractivity contribution is 5.71. The van der Waals surface area contributed by atoms with Crippen molar-refractivity contribution >= 4 is 5.97 Å². The molecule has 0 aromatic heterocycles. The summed E-state index contributed by atoms with van der Waals surface area (Å²) in [6, 6.07) is 24.9. The molecule has 0 spiro atoms. The van der Waals surface area contributed by atoms with Gasteiger partial charge in [-0.1, -0.05) is 36.4 Å². The molecule has 0 fully saturated rings. The molecule has 0 saturated heterocycles. The second-order valence-electron chi connectivity index (χ2n) is 10.8. The molecule has 1 atom stereocenters. The lowest BCUT2D eigenvalue weighted by Gasteiger charge is -2.20. The molecule has 0 amide bonds. The zero-order valence-electron chi connectivity index (χ0n) is 25.7. The maximum Gasteiger partial charge on any atom is 0.306 e. The van der Waals surface area contributed by atoms with E-state index < -0.39 is 12.1 Å². The van der Waals surface area contributed by atoms with E-state index in [2.05, 4.69) is 24.4 Å². The molecule has 0 bridgehead atoms. The van der Waals surface area contributed by atoms with Crippen molar-refractivity contribution in [1.29, 1.82) is 5.26 Å². The molecule has 1 heterocycles. The number of rotatable bonds is 14. The average molecular weight is 625 g/mol. The Bertz CT molecular complexity index is 1730. The van der Waals surface area contributed by atoms with Crippen molar-refractivity contribution in [3.8, 4) is 45.9 Å². The van der Waals surface area contributed by atoms with Gasteiger partial charge in [0.2, 0.25) is 0 Å². The third kappa shape index (κ3) is 8.07. The molecule has 4 aromatic carbocycles. The number of nitriles is 1. The van der Waals surface area contributed by atoms with Crippen LogP contribution < -0.4 is 29.0 Å². The summed E-state index contributed by atoms with van der Waals surface area (Å²) in [5.41, 5.74) is 6.16. The summed E-state index contributed by atoms with van der Waals surface area (Å²) < 4.78 is 29.7. The number of fused-ring (bicyclic) bond motifs is 1. The van der Waals surface area contributed by atoms with E-state index in [9.17, 15) is 15.2 Å². The Morgan fingerprint density at radius 3 is 2.54 bits per heavy atom. The van der Waals surface area contributed by atoms with Crippen molar-refractivity contribution in [2.24, 2.45) is 0 Å². The normalized spacial score (nSPS) is 12.6. The van der Waals surface area contributed by atoms with E-state index in [4.69, 9.17) is 28.8 Å². The fraction of sp³-hybridized carbons (Fsp3) is 0.278. The summed E-state index contributed by atoms with van der Waals surface area (Å²) in [5, 5.41) is 31.4. The van der Waals surface area contributed by atoms with Crippen LogP contribution in [0.15, 0.2) is 72.8 Å². The van der Waals surface area contributed by atoms with Crippen LogP contribution in [0.2, 0.25) is 0 Å². The number of aliphatic carboxylic acids is 1. The number of carboxylic acids is 1. The van der Waals surface area contributed by atoms with Gasteiger partial charge in [0.05, 0.1) is 36.8 Å². The highest BCUT2D eigenvalue weighted by atomic mass is 16.6. The molecule has 46 heavy (non-hydrogen) atoms. The van der Waals surface area contributed by atoms with Gasteiger partial charge in [0, 0.05) is 25.2 Å². The molecule has 10 heteroatoms. The van der Waals surface area contributed by atoms with Gasteiger partial charge in [0.1, 0.15) is 43.7 Å². The lowest BCUT2D eigenvalue weighted by atomic mass is 9.96. The minimum absolute atomic E-state index is 0.0658. The zero-order chi connectivity index (χ0) is 32.5. The summed E-state index contributed by atoms with van der Waals surface area (Å²) in [7, 11) is 1.54. The van der Waals surface area contributed by atoms with Gasteiger partial charge in [0.25, 0.3) is 0 Å². The number of benzene rings is 4. The predicted molar refractivity (Wildman–Crippen MR) is 170 cm³/mol. The molecular weight excluding hydrogens is 588 g/mol. The van der Waals surface area contributed by atoms with Crippen LogP contribution in [-0.4, -0.2) is 49.2 Å². The number of hydrogen-bond donors (Lipinski definition) is 3. The molecule has 0 aliphatic carbocycles. The van der Waals surface area contributed by atoms with Gasteiger partial charge in [-0.25, -0.2) is 0 Å². The number of carbonyl (C=O) groups is 1. The molecule has 0 radical (unpaired) electrons. The Labute approximate surface area is 267 Å². The Kier molecular flexibility index (Phi) is 10.6. The van der Waals surface area contributed by atoms with Crippen LogP contribution in [0, 0.1) is 18.3 Å². The van der Waals surface area contributed by atoms with Crippen LogP contribution in [0.1, 0.15) is 34.2 Å². The summed E-state index contributed by atoms with van der Waals surface area (Å²) in [4.78, 5) is 11.0. The second kappa shape index (κ2) is 15.2. The SMILES string of the molecule is COc1cc(OCc2cccc(-c3ccc4c(c3)OCCO4)c2C)cc(OCc2cccc(C#N)c2)c1CNCC(O)CC(=O)O. The van der Waals surface area contributed by atoms with Crippen LogP contribution >= 0.6 is 0 Å². The summed E-state index contributed by atoms with van der Waals surface area (Å²) in [6.45, 7) is 3.90. The standard InChI is InChI=1S/C36H36N2O8/c1-23-27(7-4-8-30(23)26-9-10-32-35(14-26)44-12-11-43-32)22-45-29-16-33(42-2)31(20-38-19-28(39)15-36(40)41)34(17-29)46-21-25-6-3-5-24(13-25)18-37/h3-10,13-14,16-17,28,38-39H,11-12,15,19-22H2,1-2H3,(H,40,41). The van der Waals surface area contributed by atoms with Gasteiger partial charge in [-0.15, -0.1) is 0 Å². The molecule has 4 aromatic rings. The highest BCUT2D eigenvalue weighted by Crippen LogP contribution is 2.38. The van der Waals surface area contributed by atoms with Gasteiger partial charge in [-0.05, 0) is 59.0 Å². The lowest BCUT2D eigenvalue weighted by molar-refractivity contribution is -0.139. The van der Waals surface area contributed by atoms with E-state index in [1.54, 1.807) is 37.4 Å². The smallest absolute Gasteiger partial charge is 0.306 e. The van der Waals surface area contributed by atoms with Crippen molar-refractivity contribution < 1.29 is 38.7 Å². The van der Waals surface area contributed by atoms with Crippen LogP contribution in [0.5, 0.6) is 28.7 Å². The first-order valence-electron chi connectivity index (χ1n) is 14.9. The van der Waals surface area contributed by atoms with E-state index in [1.165, 1.54) is 0 Å². The Morgan fingerprint density at radius 2 is 1.76 bits per heavy atom. The molecule has 0 saturated carbocycles. The minimum atomic E-state index is -1.08. The average Bonchev–Trinajstić information content (AvgIpc) is 3.06. The number of methoxy groups -OCH3 is 1. The third-order valence-electron chi connectivity index (χ3n) is 7.60. The van der Waals surface area contributed by atoms with E-state index in [-0.39, 0.29) is 32.7 Å². The van der Waals surface area contributed by atoms with E-state index in [1.807, 2.05) is 36.4 Å².